The van der Waals surface area contributed by atoms with Crippen molar-refractivity contribution in [2.45, 2.75) is 90.8 Å². The molecule has 0 unspecified atom stereocenters. The van der Waals surface area contributed by atoms with E-state index in [4.69, 9.17) is 4.74 Å². The maximum atomic E-state index is 12.5. The van der Waals surface area contributed by atoms with Gasteiger partial charge in [-0.2, -0.15) is 0 Å². The second kappa shape index (κ2) is 6.59. The van der Waals surface area contributed by atoms with Crippen LogP contribution in [0.25, 0.3) is 0 Å². The number of carbonyl (C=O) groups excluding carboxylic acids is 1. The highest BCUT2D eigenvalue weighted by Crippen LogP contribution is 2.60. The quantitative estimate of drug-likeness (QED) is 0.630. The van der Waals surface area contributed by atoms with Gasteiger partial charge in [0.2, 0.25) is 0 Å². The number of rotatable bonds is 4. The predicted octanol–water partition coefficient (Wildman–Crippen LogP) is 5.56. The maximum absolute atomic E-state index is 12.5. The van der Waals surface area contributed by atoms with Crippen molar-refractivity contribution in [3.63, 3.8) is 0 Å². The molecule has 0 N–H and O–H groups in total. The van der Waals surface area contributed by atoms with Gasteiger partial charge in [0.15, 0.2) is 0 Å². The Morgan fingerprint density at radius 3 is 2.71 bits per heavy atom. The van der Waals surface area contributed by atoms with Crippen LogP contribution in [0.2, 0.25) is 0 Å². The Balaban J connectivity index is 1.76. The van der Waals surface area contributed by atoms with E-state index in [9.17, 15) is 4.79 Å². The standard InChI is InChI=1S/C22H36O2/c1-6-7-8-17-18-13-16-10-12-20(24-21(2,3)4)22(16,5)14-15(18)9-11-19(17)23/h6,15-18,20H,1,7-14H2,2-5H3/t15-,16+,17+,18-,20+,22+/m0/s1. The number of allylic oxidation sites excluding steroid dienone is 1. The molecule has 3 aliphatic carbocycles. The van der Waals surface area contributed by atoms with E-state index in [2.05, 4.69) is 34.3 Å². The molecular weight excluding hydrogens is 296 g/mol. The molecule has 3 fully saturated rings. The number of fused-ring (bicyclic) bond motifs is 2. The van der Waals surface area contributed by atoms with E-state index in [0.717, 1.165) is 37.5 Å². The normalized spacial score (nSPS) is 42.5. The summed E-state index contributed by atoms with van der Waals surface area (Å²) in [5.41, 5.74) is 0.256. The Labute approximate surface area is 148 Å². The van der Waals surface area contributed by atoms with Crippen LogP contribution in [0.4, 0.5) is 0 Å². The third-order valence-electron chi connectivity index (χ3n) is 7.18. The molecule has 0 aliphatic heterocycles. The molecule has 0 spiro atoms. The molecule has 0 aromatic heterocycles. The minimum absolute atomic E-state index is 0.0611. The second-order valence-electron chi connectivity index (χ2n) is 9.84. The fraction of sp³-hybridized carbons (Fsp3) is 0.864. The molecule has 0 aromatic carbocycles. The lowest BCUT2D eigenvalue weighted by molar-refractivity contribution is -0.144. The summed E-state index contributed by atoms with van der Waals surface area (Å²) in [4.78, 5) is 12.5. The Morgan fingerprint density at radius 1 is 1.29 bits per heavy atom. The summed E-state index contributed by atoms with van der Waals surface area (Å²) in [6.07, 6.45) is 11.3. The summed E-state index contributed by atoms with van der Waals surface area (Å²) in [6.45, 7) is 12.9. The van der Waals surface area contributed by atoms with Gasteiger partial charge in [-0.25, -0.2) is 0 Å². The molecule has 2 heteroatoms. The van der Waals surface area contributed by atoms with Crippen LogP contribution in [0.3, 0.4) is 0 Å². The van der Waals surface area contributed by atoms with Gasteiger partial charge in [0.25, 0.3) is 0 Å². The lowest BCUT2D eigenvalue weighted by Gasteiger charge is -2.52. The first-order valence-corrected chi connectivity index (χ1v) is 10.1. The average molecular weight is 333 g/mol. The summed E-state index contributed by atoms with van der Waals surface area (Å²) >= 11 is 0. The lowest BCUT2D eigenvalue weighted by atomic mass is 9.54. The van der Waals surface area contributed by atoms with Crippen molar-refractivity contribution in [2.24, 2.45) is 29.1 Å². The zero-order valence-electron chi connectivity index (χ0n) is 16.1. The first-order valence-electron chi connectivity index (χ1n) is 10.1. The molecule has 0 aromatic rings. The van der Waals surface area contributed by atoms with E-state index < -0.39 is 0 Å². The summed E-state index contributed by atoms with van der Waals surface area (Å²) in [5.74, 6) is 2.92. The molecule has 0 heterocycles. The van der Waals surface area contributed by atoms with Crippen LogP contribution in [0.1, 0.15) is 79.1 Å². The van der Waals surface area contributed by atoms with Crippen molar-refractivity contribution < 1.29 is 9.53 Å². The van der Waals surface area contributed by atoms with Crippen LogP contribution in [0.5, 0.6) is 0 Å². The third kappa shape index (κ3) is 3.36. The van der Waals surface area contributed by atoms with Crippen LogP contribution >= 0.6 is 0 Å². The Kier molecular flexibility index (Phi) is 4.99. The summed E-state index contributed by atoms with van der Waals surface area (Å²) in [5, 5.41) is 0. The van der Waals surface area contributed by atoms with Gasteiger partial charge < -0.3 is 4.74 Å². The van der Waals surface area contributed by atoms with Crippen LogP contribution < -0.4 is 0 Å². The van der Waals surface area contributed by atoms with Gasteiger partial charge in [0.1, 0.15) is 5.78 Å². The summed E-state index contributed by atoms with van der Waals surface area (Å²) < 4.78 is 6.48. The van der Waals surface area contributed by atoms with E-state index in [-0.39, 0.29) is 5.60 Å². The molecule has 0 bridgehead atoms. The van der Waals surface area contributed by atoms with Crippen LogP contribution in [0.15, 0.2) is 12.7 Å². The van der Waals surface area contributed by atoms with Gasteiger partial charge in [-0.3, -0.25) is 4.79 Å². The minimum atomic E-state index is -0.0611. The number of carbonyl (C=O) groups is 1. The van der Waals surface area contributed by atoms with E-state index >= 15 is 0 Å². The SMILES string of the molecule is C=CCC[C@H]1C(=O)CC[C@H]2C[C@]3(C)[C@H](CC[C@H]3OC(C)(C)C)C[C@@H]21. The van der Waals surface area contributed by atoms with Gasteiger partial charge in [0, 0.05) is 12.3 Å². The van der Waals surface area contributed by atoms with Gasteiger partial charge in [-0.1, -0.05) is 13.0 Å². The zero-order chi connectivity index (χ0) is 17.5. The van der Waals surface area contributed by atoms with Gasteiger partial charge in [-0.15, -0.1) is 6.58 Å². The molecule has 3 aliphatic rings. The minimum Gasteiger partial charge on any atom is -0.372 e. The van der Waals surface area contributed by atoms with E-state index in [1.807, 2.05) is 6.08 Å². The molecule has 2 nitrogen and oxygen atoms in total. The molecule has 3 rings (SSSR count). The maximum Gasteiger partial charge on any atom is 0.136 e. The number of hydrogen-bond acceptors (Lipinski definition) is 2. The largest absolute Gasteiger partial charge is 0.372 e. The highest BCUT2D eigenvalue weighted by Gasteiger charge is 2.56. The van der Waals surface area contributed by atoms with Crippen LogP contribution in [-0.4, -0.2) is 17.5 Å². The summed E-state index contributed by atoms with van der Waals surface area (Å²) in [6, 6.07) is 0. The van der Waals surface area contributed by atoms with Crippen molar-refractivity contribution in [3.05, 3.63) is 12.7 Å². The van der Waals surface area contributed by atoms with E-state index in [0.29, 0.717) is 29.1 Å². The molecule has 136 valence electrons. The second-order valence-corrected chi connectivity index (χ2v) is 9.84. The molecule has 0 amide bonds. The van der Waals surface area contributed by atoms with Gasteiger partial charge in [0.05, 0.1) is 11.7 Å². The predicted molar refractivity (Wildman–Crippen MR) is 98.8 cm³/mol. The fourth-order valence-corrected chi connectivity index (χ4v) is 6.05. The average Bonchev–Trinajstić information content (AvgIpc) is 2.79. The van der Waals surface area contributed by atoms with Crippen molar-refractivity contribution >= 4 is 5.78 Å². The van der Waals surface area contributed by atoms with E-state index in [1.54, 1.807) is 0 Å². The van der Waals surface area contributed by atoms with Crippen molar-refractivity contribution in [3.8, 4) is 0 Å². The number of ketones is 1. The number of hydrogen-bond donors (Lipinski definition) is 0. The molecular formula is C22H36O2. The molecule has 0 radical (unpaired) electrons. The molecule has 3 saturated carbocycles. The van der Waals surface area contributed by atoms with Crippen molar-refractivity contribution in [1.82, 2.24) is 0 Å². The highest BCUT2D eigenvalue weighted by atomic mass is 16.5. The lowest BCUT2D eigenvalue weighted by Crippen LogP contribution is -2.49. The third-order valence-corrected chi connectivity index (χ3v) is 7.18. The number of Topliss-reactive ketones (excluding diaryl/α,β-unsaturated/α-hetero) is 1. The monoisotopic (exact) mass is 332 g/mol. The Bertz CT molecular complexity index is 489. The molecule has 24 heavy (non-hydrogen) atoms. The molecule has 6 atom stereocenters. The molecule has 0 saturated heterocycles. The Morgan fingerprint density at radius 2 is 2.04 bits per heavy atom. The first kappa shape index (κ1) is 18.2. The van der Waals surface area contributed by atoms with Gasteiger partial charge >= 0.3 is 0 Å². The van der Waals surface area contributed by atoms with Crippen LogP contribution in [-0.2, 0) is 9.53 Å². The Hall–Kier alpha value is -0.630. The smallest absolute Gasteiger partial charge is 0.136 e. The topological polar surface area (TPSA) is 26.3 Å². The van der Waals surface area contributed by atoms with Crippen molar-refractivity contribution in [2.75, 3.05) is 0 Å². The van der Waals surface area contributed by atoms with E-state index in [1.165, 1.54) is 25.7 Å². The number of ether oxygens (including phenoxy) is 1. The van der Waals surface area contributed by atoms with Crippen LogP contribution in [0, 0.1) is 29.1 Å². The summed E-state index contributed by atoms with van der Waals surface area (Å²) in [7, 11) is 0. The fourth-order valence-electron chi connectivity index (χ4n) is 6.05. The first-order chi connectivity index (χ1) is 11.2. The zero-order valence-corrected chi connectivity index (χ0v) is 16.1. The van der Waals surface area contributed by atoms with Crippen molar-refractivity contribution in [1.29, 1.82) is 0 Å². The highest BCUT2D eigenvalue weighted by molar-refractivity contribution is 5.82. The van der Waals surface area contributed by atoms with Gasteiger partial charge in [-0.05, 0) is 88.9 Å².